The van der Waals surface area contributed by atoms with Crippen LogP contribution in [0.25, 0.3) is 0 Å². The highest BCUT2D eigenvalue weighted by molar-refractivity contribution is 6.29. The summed E-state index contributed by atoms with van der Waals surface area (Å²) in [5, 5.41) is 4.01. The van der Waals surface area contributed by atoms with Crippen molar-refractivity contribution >= 4 is 11.6 Å². The smallest absolute Gasteiger partial charge is 0.129 e. The Balaban J connectivity index is 2.01. The highest BCUT2D eigenvalue weighted by Crippen LogP contribution is 2.14. The van der Waals surface area contributed by atoms with Crippen molar-refractivity contribution in [1.29, 1.82) is 0 Å². The van der Waals surface area contributed by atoms with Crippen molar-refractivity contribution in [2.24, 2.45) is 0 Å². The Kier molecular flexibility index (Phi) is 4.77. The highest BCUT2D eigenvalue weighted by Gasteiger charge is 2.21. The lowest BCUT2D eigenvalue weighted by atomic mass is 10.2. The van der Waals surface area contributed by atoms with E-state index < -0.39 is 0 Å². The van der Waals surface area contributed by atoms with Gasteiger partial charge in [0.25, 0.3) is 0 Å². The number of halogens is 1. The molecular weight excluding hydrogens is 234 g/mol. The maximum atomic E-state index is 5.92. The number of hydrogen-bond donors (Lipinski definition) is 1. The van der Waals surface area contributed by atoms with Gasteiger partial charge in [-0.3, -0.25) is 4.90 Å². The first-order valence-electron chi connectivity index (χ1n) is 6.36. The summed E-state index contributed by atoms with van der Waals surface area (Å²) in [7, 11) is 0. The minimum absolute atomic E-state index is 0.587. The van der Waals surface area contributed by atoms with Crippen LogP contribution in [0.5, 0.6) is 0 Å². The van der Waals surface area contributed by atoms with E-state index >= 15 is 0 Å². The molecule has 4 heteroatoms. The van der Waals surface area contributed by atoms with Crippen LogP contribution >= 0.6 is 11.6 Å². The third-order valence-corrected chi connectivity index (χ3v) is 3.41. The molecule has 0 saturated carbocycles. The number of pyridine rings is 1. The number of aromatic nitrogens is 1. The molecule has 3 nitrogen and oxygen atoms in total. The molecule has 0 aromatic carbocycles. The van der Waals surface area contributed by atoms with Crippen LogP contribution in [-0.4, -0.2) is 35.6 Å². The third kappa shape index (κ3) is 3.66. The number of rotatable bonds is 5. The molecule has 1 aliphatic rings. The first-order valence-corrected chi connectivity index (χ1v) is 6.73. The van der Waals surface area contributed by atoms with Crippen LogP contribution in [0.2, 0.25) is 5.15 Å². The van der Waals surface area contributed by atoms with E-state index in [0.717, 1.165) is 31.9 Å². The van der Waals surface area contributed by atoms with E-state index in [1.54, 1.807) is 0 Å². The van der Waals surface area contributed by atoms with Crippen molar-refractivity contribution in [3.63, 3.8) is 0 Å². The Morgan fingerprint density at radius 3 is 3.06 bits per heavy atom. The van der Waals surface area contributed by atoms with Gasteiger partial charge in [-0.2, -0.15) is 0 Å². The molecule has 1 saturated heterocycles. The molecule has 0 spiro atoms. The second-order valence-corrected chi connectivity index (χ2v) is 4.96. The van der Waals surface area contributed by atoms with Crippen LogP contribution in [-0.2, 0) is 6.54 Å². The van der Waals surface area contributed by atoms with Crippen molar-refractivity contribution in [2.45, 2.75) is 32.4 Å². The summed E-state index contributed by atoms with van der Waals surface area (Å²) in [5.74, 6) is 0. The molecule has 17 heavy (non-hydrogen) atoms. The van der Waals surface area contributed by atoms with Crippen LogP contribution in [0.1, 0.15) is 25.5 Å². The van der Waals surface area contributed by atoms with Crippen LogP contribution in [0.15, 0.2) is 18.2 Å². The van der Waals surface area contributed by atoms with E-state index in [-0.39, 0.29) is 0 Å². The fourth-order valence-electron chi connectivity index (χ4n) is 2.38. The molecule has 1 fully saturated rings. The summed E-state index contributed by atoms with van der Waals surface area (Å²) in [6.07, 6.45) is 2.41. The van der Waals surface area contributed by atoms with Gasteiger partial charge in [0.1, 0.15) is 5.15 Å². The van der Waals surface area contributed by atoms with Crippen LogP contribution in [0.4, 0.5) is 0 Å². The van der Waals surface area contributed by atoms with E-state index in [0.29, 0.717) is 11.2 Å². The predicted molar refractivity (Wildman–Crippen MR) is 71.2 cm³/mol. The predicted octanol–water partition coefficient (Wildman–Crippen LogP) is 2.31. The number of nitrogens with one attached hydrogen (secondary N) is 1. The van der Waals surface area contributed by atoms with Gasteiger partial charge in [0.15, 0.2) is 0 Å². The molecule has 2 heterocycles. The summed E-state index contributed by atoms with van der Waals surface area (Å²) < 4.78 is 0. The lowest BCUT2D eigenvalue weighted by Gasteiger charge is -2.27. The van der Waals surface area contributed by atoms with Crippen LogP contribution < -0.4 is 5.32 Å². The van der Waals surface area contributed by atoms with Crippen LogP contribution in [0, 0.1) is 0 Å². The van der Waals surface area contributed by atoms with Crippen molar-refractivity contribution in [3.05, 3.63) is 29.0 Å². The molecule has 0 bridgehead atoms. The van der Waals surface area contributed by atoms with Crippen LogP contribution in [0.3, 0.4) is 0 Å². The average Bonchev–Trinajstić information content (AvgIpc) is 2.82. The summed E-state index contributed by atoms with van der Waals surface area (Å²) >= 11 is 5.92. The largest absolute Gasteiger partial charge is 0.315 e. The van der Waals surface area contributed by atoms with Gasteiger partial charge in [0.2, 0.25) is 0 Å². The topological polar surface area (TPSA) is 28.2 Å². The summed E-state index contributed by atoms with van der Waals surface area (Å²) in [6.45, 7) is 6.48. The highest BCUT2D eigenvalue weighted by atomic mass is 35.5. The summed E-state index contributed by atoms with van der Waals surface area (Å²) in [5.41, 5.74) is 1.07. The second-order valence-electron chi connectivity index (χ2n) is 4.57. The van der Waals surface area contributed by atoms with Crippen molar-refractivity contribution in [3.8, 4) is 0 Å². The van der Waals surface area contributed by atoms with Gasteiger partial charge in [-0.15, -0.1) is 0 Å². The minimum atomic E-state index is 0.587. The molecule has 0 amide bonds. The zero-order valence-corrected chi connectivity index (χ0v) is 11.1. The molecule has 0 aliphatic carbocycles. The normalized spacial score (nSPS) is 20.1. The Labute approximate surface area is 108 Å². The summed E-state index contributed by atoms with van der Waals surface area (Å²) in [4.78, 5) is 6.88. The second kappa shape index (κ2) is 6.34. The maximum Gasteiger partial charge on any atom is 0.129 e. The lowest BCUT2D eigenvalue weighted by Crippen LogP contribution is -2.37. The molecule has 94 valence electrons. The molecule has 1 aromatic heterocycles. The standard InChI is InChI=1S/C13H20ClN3/c1-2-8-17(12-6-7-15-9-12)10-11-4-3-5-13(14)16-11/h3-5,12,15H,2,6-10H2,1H3. The molecule has 2 rings (SSSR count). The molecular formula is C13H20ClN3. The third-order valence-electron chi connectivity index (χ3n) is 3.20. The Hall–Kier alpha value is -0.640. The van der Waals surface area contributed by atoms with Crippen molar-refractivity contribution in [1.82, 2.24) is 15.2 Å². The number of nitrogens with zero attached hydrogens (tertiary/aromatic N) is 2. The Morgan fingerprint density at radius 2 is 2.41 bits per heavy atom. The van der Waals surface area contributed by atoms with E-state index in [9.17, 15) is 0 Å². The molecule has 1 unspecified atom stereocenters. The zero-order chi connectivity index (χ0) is 12.1. The van der Waals surface area contributed by atoms with Crippen molar-refractivity contribution in [2.75, 3.05) is 19.6 Å². The van der Waals surface area contributed by atoms with E-state index in [1.807, 2.05) is 12.1 Å². The molecule has 1 aromatic rings. The first-order chi connectivity index (χ1) is 8.29. The van der Waals surface area contributed by atoms with Gasteiger partial charge < -0.3 is 5.32 Å². The van der Waals surface area contributed by atoms with E-state index in [4.69, 9.17) is 11.6 Å². The molecule has 1 aliphatic heterocycles. The van der Waals surface area contributed by atoms with Gasteiger partial charge in [-0.05, 0) is 38.1 Å². The molecule has 1 N–H and O–H groups in total. The van der Waals surface area contributed by atoms with Gasteiger partial charge in [0, 0.05) is 19.1 Å². The fourth-order valence-corrected chi connectivity index (χ4v) is 2.56. The van der Waals surface area contributed by atoms with E-state index in [2.05, 4.69) is 28.2 Å². The van der Waals surface area contributed by atoms with E-state index in [1.165, 1.54) is 12.8 Å². The van der Waals surface area contributed by atoms with Gasteiger partial charge in [0.05, 0.1) is 5.69 Å². The number of hydrogen-bond acceptors (Lipinski definition) is 3. The van der Waals surface area contributed by atoms with Gasteiger partial charge in [-0.25, -0.2) is 4.98 Å². The molecule has 0 radical (unpaired) electrons. The quantitative estimate of drug-likeness (QED) is 0.817. The van der Waals surface area contributed by atoms with Gasteiger partial charge in [-0.1, -0.05) is 24.6 Å². The Bertz CT molecular complexity index is 350. The minimum Gasteiger partial charge on any atom is -0.315 e. The van der Waals surface area contributed by atoms with Gasteiger partial charge >= 0.3 is 0 Å². The average molecular weight is 254 g/mol. The monoisotopic (exact) mass is 253 g/mol. The summed E-state index contributed by atoms with van der Waals surface area (Å²) in [6, 6.07) is 6.50. The molecule has 1 atom stereocenters. The fraction of sp³-hybridized carbons (Fsp3) is 0.615. The van der Waals surface area contributed by atoms with Crippen molar-refractivity contribution < 1.29 is 0 Å². The SMILES string of the molecule is CCCN(Cc1cccc(Cl)n1)C1CCNC1. The Morgan fingerprint density at radius 1 is 1.53 bits per heavy atom. The first kappa shape index (κ1) is 12.8. The maximum absolute atomic E-state index is 5.92. The lowest BCUT2D eigenvalue weighted by molar-refractivity contribution is 0.197. The zero-order valence-electron chi connectivity index (χ0n) is 10.3.